The normalized spacial score (nSPS) is 10.9. The van der Waals surface area contributed by atoms with Crippen LogP contribution in [0.15, 0.2) is 18.5 Å². The van der Waals surface area contributed by atoms with Gasteiger partial charge in [-0.3, -0.25) is 9.71 Å². The van der Waals surface area contributed by atoms with E-state index in [0.29, 0.717) is 0 Å². The van der Waals surface area contributed by atoms with Gasteiger partial charge < -0.3 is 5.11 Å². The van der Waals surface area contributed by atoms with Crippen LogP contribution in [-0.4, -0.2) is 30.7 Å². The fourth-order valence-electron chi connectivity index (χ4n) is 0.854. The van der Waals surface area contributed by atoms with Crippen molar-refractivity contribution in [3.63, 3.8) is 0 Å². The minimum absolute atomic E-state index is 0.00926. The predicted octanol–water partition coefficient (Wildman–Crippen LogP) is 0.151. The maximum absolute atomic E-state index is 10.9. The number of nitrogens with zero attached hydrogens (tertiary/aromatic N) is 1. The first-order valence-electron chi connectivity index (χ1n) is 3.55. The van der Waals surface area contributed by atoms with Crippen LogP contribution in [0, 0.1) is 0 Å². The van der Waals surface area contributed by atoms with E-state index in [-0.39, 0.29) is 11.3 Å². The number of sulfonamides is 1. The van der Waals surface area contributed by atoms with E-state index >= 15 is 0 Å². The summed E-state index contributed by atoms with van der Waals surface area (Å²) in [4.78, 5) is 14.2. The van der Waals surface area contributed by atoms with Gasteiger partial charge in [0, 0.05) is 12.4 Å². The number of hydrogen-bond donors (Lipinski definition) is 2. The van der Waals surface area contributed by atoms with E-state index in [1.807, 2.05) is 0 Å². The maximum Gasteiger partial charge on any atom is 0.339 e. The zero-order valence-electron chi connectivity index (χ0n) is 7.26. The predicted molar refractivity (Wildman–Crippen MR) is 49.7 cm³/mol. The molecule has 0 bridgehead atoms. The van der Waals surface area contributed by atoms with E-state index < -0.39 is 16.0 Å². The first-order chi connectivity index (χ1) is 6.40. The van der Waals surface area contributed by atoms with Crippen molar-refractivity contribution in [1.82, 2.24) is 4.98 Å². The lowest BCUT2D eigenvalue weighted by Gasteiger charge is -2.05. The molecule has 0 aliphatic carbocycles. The highest BCUT2D eigenvalue weighted by molar-refractivity contribution is 7.92. The number of nitrogens with one attached hydrogen (secondary N) is 1. The summed E-state index contributed by atoms with van der Waals surface area (Å²) in [5.41, 5.74) is -0.173. The third-order valence-electron chi connectivity index (χ3n) is 1.35. The summed E-state index contributed by atoms with van der Waals surface area (Å²) in [5, 5.41) is 8.69. The van der Waals surface area contributed by atoms with Gasteiger partial charge in [0.1, 0.15) is 5.56 Å². The van der Waals surface area contributed by atoms with Gasteiger partial charge in [-0.25, -0.2) is 13.2 Å². The molecule has 76 valence electrons. The Bertz CT molecular complexity index is 455. The van der Waals surface area contributed by atoms with Crippen molar-refractivity contribution in [2.24, 2.45) is 0 Å². The molecule has 0 saturated heterocycles. The molecule has 0 spiro atoms. The van der Waals surface area contributed by atoms with Gasteiger partial charge in [0.15, 0.2) is 0 Å². The van der Waals surface area contributed by atoms with Crippen LogP contribution in [0.25, 0.3) is 0 Å². The van der Waals surface area contributed by atoms with Gasteiger partial charge in [0.25, 0.3) is 0 Å². The number of carboxylic acids is 1. The molecule has 1 heterocycles. The summed E-state index contributed by atoms with van der Waals surface area (Å²) in [6, 6.07) is 1.28. The molecule has 2 N–H and O–H groups in total. The van der Waals surface area contributed by atoms with E-state index in [4.69, 9.17) is 5.11 Å². The molecule has 0 aliphatic heterocycles. The van der Waals surface area contributed by atoms with Crippen LogP contribution < -0.4 is 4.72 Å². The monoisotopic (exact) mass is 216 g/mol. The topological polar surface area (TPSA) is 96.4 Å². The molecule has 0 atom stereocenters. The van der Waals surface area contributed by atoms with E-state index in [1.165, 1.54) is 12.3 Å². The highest BCUT2D eigenvalue weighted by Gasteiger charge is 2.12. The van der Waals surface area contributed by atoms with Gasteiger partial charge in [0.05, 0.1) is 11.9 Å². The Labute approximate surface area is 80.6 Å². The Morgan fingerprint density at radius 1 is 1.57 bits per heavy atom. The second-order valence-corrected chi connectivity index (χ2v) is 4.35. The van der Waals surface area contributed by atoms with Crippen molar-refractivity contribution in [3.8, 4) is 0 Å². The first kappa shape index (κ1) is 10.5. The average molecular weight is 216 g/mol. The van der Waals surface area contributed by atoms with Crippen LogP contribution in [0.3, 0.4) is 0 Å². The molecule has 1 rings (SSSR count). The van der Waals surface area contributed by atoms with E-state index in [2.05, 4.69) is 9.71 Å². The molecule has 1 aromatic heterocycles. The maximum atomic E-state index is 10.9. The van der Waals surface area contributed by atoms with Crippen LogP contribution in [0.4, 0.5) is 5.69 Å². The Morgan fingerprint density at radius 3 is 2.71 bits per heavy atom. The average Bonchev–Trinajstić information content (AvgIpc) is 2.01. The molecular weight excluding hydrogens is 208 g/mol. The van der Waals surface area contributed by atoms with Crippen LogP contribution >= 0.6 is 0 Å². The smallest absolute Gasteiger partial charge is 0.339 e. The number of carbonyl (C=O) groups is 1. The molecular formula is C7H8N2O4S. The molecule has 6 nitrogen and oxygen atoms in total. The molecule has 1 aromatic rings. The van der Waals surface area contributed by atoms with Crippen molar-refractivity contribution in [3.05, 3.63) is 24.0 Å². The number of pyridine rings is 1. The van der Waals surface area contributed by atoms with Gasteiger partial charge in [-0.05, 0) is 6.07 Å². The third-order valence-corrected chi connectivity index (χ3v) is 1.94. The molecule has 0 aromatic carbocycles. The number of rotatable bonds is 3. The summed E-state index contributed by atoms with van der Waals surface area (Å²) in [5.74, 6) is -1.23. The molecule has 0 fully saturated rings. The fourth-order valence-corrected chi connectivity index (χ4v) is 1.43. The van der Waals surface area contributed by atoms with Gasteiger partial charge in [-0.15, -0.1) is 0 Å². The molecule has 0 saturated carbocycles. The Morgan fingerprint density at radius 2 is 2.21 bits per heavy atom. The summed E-state index contributed by atoms with van der Waals surface area (Å²) < 4.78 is 23.8. The second-order valence-electron chi connectivity index (χ2n) is 2.60. The largest absolute Gasteiger partial charge is 0.478 e. The van der Waals surface area contributed by atoms with Crippen molar-refractivity contribution in [1.29, 1.82) is 0 Å². The summed E-state index contributed by atoms with van der Waals surface area (Å²) in [7, 11) is -3.47. The Hall–Kier alpha value is -1.63. The molecule has 0 aliphatic rings. The fraction of sp³-hybridized carbons (Fsp3) is 0.143. The quantitative estimate of drug-likeness (QED) is 0.749. The number of aromatic nitrogens is 1. The van der Waals surface area contributed by atoms with Crippen LogP contribution in [0.2, 0.25) is 0 Å². The number of anilines is 1. The van der Waals surface area contributed by atoms with Gasteiger partial charge >= 0.3 is 5.97 Å². The lowest BCUT2D eigenvalue weighted by Crippen LogP contribution is -2.13. The van der Waals surface area contributed by atoms with Gasteiger partial charge in [-0.2, -0.15) is 0 Å². The SMILES string of the molecule is CS(=O)(=O)Nc1ccncc1C(=O)O. The number of hydrogen-bond acceptors (Lipinski definition) is 4. The zero-order chi connectivity index (χ0) is 10.8. The number of aromatic carboxylic acids is 1. The van der Waals surface area contributed by atoms with Crippen LogP contribution in [0.5, 0.6) is 0 Å². The Kier molecular flexibility index (Phi) is 2.70. The van der Waals surface area contributed by atoms with Gasteiger partial charge in [-0.1, -0.05) is 0 Å². The highest BCUT2D eigenvalue weighted by atomic mass is 32.2. The van der Waals surface area contributed by atoms with E-state index in [0.717, 1.165) is 12.5 Å². The molecule has 0 unspecified atom stereocenters. The number of carboxylic acid groups (broad SMARTS) is 1. The van der Waals surface area contributed by atoms with Crippen molar-refractivity contribution in [2.75, 3.05) is 11.0 Å². The minimum Gasteiger partial charge on any atom is -0.478 e. The van der Waals surface area contributed by atoms with Crippen LogP contribution in [0.1, 0.15) is 10.4 Å². The summed E-state index contributed by atoms with van der Waals surface area (Å²) >= 11 is 0. The second kappa shape index (κ2) is 3.62. The summed E-state index contributed by atoms with van der Waals surface area (Å²) in [6.07, 6.45) is 3.33. The van der Waals surface area contributed by atoms with Crippen molar-refractivity contribution >= 4 is 21.7 Å². The molecule has 0 amide bonds. The first-order valence-corrected chi connectivity index (χ1v) is 5.44. The minimum atomic E-state index is -3.47. The van der Waals surface area contributed by atoms with E-state index in [1.54, 1.807) is 0 Å². The molecule has 0 radical (unpaired) electrons. The molecule has 7 heteroatoms. The Balaban J connectivity index is 3.15. The van der Waals surface area contributed by atoms with E-state index in [9.17, 15) is 13.2 Å². The van der Waals surface area contributed by atoms with Crippen LogP contribution in [-0.2, 0) is 10.0 Å². The van der Waals surface area contributed by atoms with Gasteiger partial charge in [0.2, 0.25) is 10.0 Å². The van der Waals surface area contributed by atoms with Crippen molar-refractivity contribution < 1.29 is 18.3 Å². The lowest BCUT2D eigenvalue weighted by molar-refractivity contribution is 0.0697. The third kappa shape index (κ3) is 2.70. The lowest BCUT2D eigenvalue weighted by atomic mass is 10.2. The van der Waals surface area contributed by atoms with Crippen molar-refractivity contribution in [2.45, 2.75) is 0 Å². The zero-order valence-corrected chi connectivity index (χ0v) is 8.08. The highest BCUT2D eigenvalue weighted by Crippen LogP contribution is 2.14. The molecule has 14 heavy (non-hydrogen) atoms. The standard InChI is InChI=1S/C7H8N2O4S/c1-14(12,13)9-6-2-3-8-4-5(6)7(10)11/h2-4H,1H3,(H,8,9)(H,10,11). The summed E-state index contributed by atoms with van der Waals surface area (Å²) in [6.45, 7) is 0.